The van der Waals surface area contributed by atoms with Crippen molar-refractivity contribution in [1.29, 1.82) is 0 Å². The van der Waals surface area contributed by atoms with Gasteiger partial charge in [-0.3, -0.25) is 0 Å². The number of benzene rings is 2. The van der Waals surface area contributed by atoms with Gasteiger partial charge in [-0.1, -0.05) is 54.1 Å². The number of carbonyl (C=O) groups excluding carboxylic acids is 1. The van der Waals surface area contributed by atoms with Gasteiger partial charge in [-0.05, 0) is 58.1 Å². The molecule has 1 aliphatic heterocycles. The monoisotopic (exact) mass is 408 g/mol. The van der Waals surface area contributed by atoms with Crippen LogP contribution in [0.4, 0.5) is 4.79 Å². The molecule has 1 aliphatic rings. The van der Waals surface area contributed by atoms with Gasteiger partial charge in [0.15, 0.2) is 0 Å². The third kappa shape index (κ3) is 4.88. The molecule has 0 saturated carbocycles. The zero-order chi connectivity index (χ0) is 21.9. The van der Waals surface area contributed by atoms with Crippen LogP contribution in [-0.2, 0) is 22.4 Å². The molecule has 160 valence electrons. The number of nitrogens with zero attached hydrogens (tertiary/aromatic N) is 1. The van der Waals surface area contributed by atoms with Crippen LogP contribution in [0.2, 0.25) is 0 Å². The average molecular weight is 408 g/mol. The fourth-order valence-electron chi connectivity index (χ4n) is 3.49. The summed E-state index contributed by atoms with van der Waals surface area (Å²) >= 11 is 0. The lowest BCUT2D eigenvalue weighted by molar-refractivity contribution is 0.00578. The Kier molecular flexibility index (Phi) is 6.58. The van der Waals surface area contributed by atoms with E-state index in [1.165, 1.54) is 0 Å². The molecule has 0 aliphatic carbocycles. The Morgan fingerprint density at radius 3 is 2.27 bits per heavy atom. The Bertz CT molecular complexity index is 867. The molecule has 2 amide bonds. The summed E-state index contributed by atoms with van der Waals surface area (Å²) in [5.41, 5.74) is 3.44. The number of rotatable bonds is 6. The van der Waals surface area contributed by atoms with Crippen LogP contribution in [0.15, 0.2) is 48.5 Å². The van der Waals surface area contributed by atoms with E-state index in [1.54, 1.807) is 0 Å². The van der Waals surface area contributed by atoms with Crippen LogP contribution in [-0.4, -0.2) is 35.8 Å². The number of amides is 2. The Hall–Kier alpha value is -2.31. The maximum Gasteiger partial charge on any atom is 0.495 e. The van der Waals surface area contributed by atoms with E-state index < -0.39 is 18.3 Å². The van der Waals surface area contributed by atoms with Crippen LogP contribution < -0.4 is 10.8 Å². The Labute approximate surface area is 180 Å². The van der Waals surface area contributed by atoms with Gasteiger partial charge in [-0.2, -0.15) is 0 Å². The Balaban J connectivity index is 1.76. The molecule has 1 fully saturated rings. The first-order valence-corrected chi connectivity index (χ1v) is 10.6. The first-order chi connectivity index (χ1) is 14.1. The van der Waals surface area contributed by atoms with Crippen molar-refractivity contribution in [3.05, 3.63) is 65.2 Å². The van der Waals surface area contributed by atoms with Crippen LogP contribution >= 0.6 is 0 Å². The van der Waals surface area contributed by atoms with Gasteiger partial charge in [0.2, 0.25) is 0 Å². The van der Waals surface area contributed by atoms with Gasteiger partial charge in [-0.25, -0.2) is 4.79 Å². The highest BCUT2D eigenvalue weighted by atomic mass is 16.7. The minimum Gasteiger partial charge on any atom is -0.399 e. The molecule has 2 aromatic carbocycles. The maximum atomic E-state index is 12.8. The van der Waals surface area contributed by atoms with Crippen LogP contribution in [0.3, 0.4) is 0 Å². The van der Waals surface area contributed by atoms with E-state index in [0.717, 1.165) is 22.2 Å². The lowest BCUT2D eigenvalue weighted by Gasteiger charge is -2.32. The van der Waals surface area contributed by atoms with Gasteiger partial charge in [0, 0.05) is 19.6 Å². The summed E-state index contributed by atoms with van der Waals surface area (Å²) in [6.45, 7) is 13.9. The van der Waals surface area contributed by atoms with Crippen molar-refractivity contribution in [2.45, 2.75) is 65.8 Å². The predicted molar refractivity (Wildman–Crippen MR) is 122 cm³/mol. The summed E-state index contributed by atoms with van der Waals surface area (Å²) in [6.07, 6.45) is 0. The van der Waals surface area contributed by atoms with Crippen molar-refractivity contribution in [2.24, 2.45) is 0 Å². The van der Waals surface area contributed by atoms with Gasteiger partial charge in [0.1, 0.15) is 0 Å². The molecular weight excluding hydrogens is 375 g/mol. The average Bonchev–Trinajstić information content (AvgIpc) is 2.92. The number of nitrogens with one attached hydrogen (secondary N) is 1. The number of carbonyl (C=O) groups is 1. The van der Waals surface area contributed by atoms with E-state index in [2.05, 4.69) is 58.1 Å². The summed E-state index contributed by atoms with van der Waals surface area (Å²) in [7, 11) is -0.448. The number of aryl methyl sites for hydroxylation is 1. The molecule has 1 N–H and O–H groups in total. The largest absolute Gasteiger partial charge is 0.495 e. The highest BCUT2D eigenvalue weighted by molar-refractivity contribution is 6.62. The molecule has 0 radical (unpaired) electrons. The van der Waals surface area contributed by atoms with Crippen LogP contribution in [0.5, 0.6) is 0 Å². The zero-order valence-corrected chi connectivity index (χ0v) is 19.0. The molecule has 0 atom stereocenters. The van der Waals surface area contributed by atoms with Gasteiger partial charge in [-0.15, -0.1) is 0 Å². The fourth-order valence-corrected chi connectivity index (χ4v) is 3.49. The van der Waals surface area contributed by atoms with Crippen molar-refractivity contribution >= 4 is 18.6 Å². The molecule has 1 heterocycles. The molecule has 3 rings (SSSR count). The van der Waals surface area contributed by atoms with Crippen LogP contribution in [0.1, 0.15) is 51.3 Å². The van der Waals surface area contributed by atoms with Crippen molar-refractivity contribution in [2.75, 3.05) is 6.54 Å². The van der Waals surface area contributed by atoms with E-state index in [4.69, 9.17) is 9.31 Å². The maximum absolute atomic E-state index is 12.8. The molecule has 6 heteroatoms. The first kappa shape index (κ1) is 22.4. The van der Waals surface area contributed by atoms with E-state index >= 15 is 0 Å². The highest BCUT2D eigenvalue weighted by Crippen LogP contribution is 2.36. The van der Waals surface area contributed by atoms with Gasteiger partial charge in [0.25, 0.3) is 0 Å². The quantitative estimate of drug-likeness (QED) is 0.735. The summed E-state index contributed by atoms with van der Waals surface area (Å²) in [5, 5.41) is 3.02. The summed E-state index contributed by atoms with van der Waals surface area (Å²) in [5.74, 6) is 0. The third-order valence-electron chi connectivity index (χ3n) is 6.12. The Morgan fingerprint density at radius 2 is 1.67 bits per heavy atom. The normalized spacial score (nSPS) is 17.1. The molecule has 5 nitrogen and oxygen atoms in total. The van der Waals surface area contributed by atoms with Crippen molar-refractivity contribution in [3.63, 3.8) is 0 Å². The molecule has 0 unspecified atom stereocenters. The smallest absolute Gasteiger partial charge is 0.399 e. The topological polar surface area (TPSA) is 50.8 Å². The summed E-state index contributed by atoms with van der Waals surface area (Å²) in [4.78, 5) is 14.6. The fraction of sp³-hybridized carbons (Fsp3) is 0.458. The lowest BCUT2D eigenvalue weighted by Crippen LogP contribution is -2.42. The van der Waals surface area contributed by atoms with E-state index in [-0.39, 0.29) is 6.03 Å². The molecule has 0 spiro atoms. The standard InChI is InChI=1S/C24H33BN2O3/c1-7-27(22(28)26-16-19-11-9-8-10-12-19)17-20-15-18(2)13-14-21(20)25-29-23(3,4)24(5,6)30-25/h8-15H,7,16-17H2,1-6H3,(H,26,28). The van der Waals surface area contributed by atoms with Crippen molar-refractivity contribution in [1.82, 2.24) is 10.2 Å². The van der Waals surface area contributed by atoms with E-state index in [0.29, 0.717) is 19.6 Å². The zero-order valence-electron chi connectivity index (χ0n) is 19.0. The van der Waals surface area contributed by atoms with Crippen molar-refractivity contribution in [3.8, 4) is 0 Å². The molecule has 1 saturated heterocycles. The molecular formula is C24H33BN2O3. The predicted octanol–water partition coefficient (Wildman–Crippen LogP) is 4.03. The van der Waals surface area contributed by atoms with Gasteiger partial charge in [0.05, 0.1) is 11.2 Å². The minimum atomic E-state index is -0.448. The second-order valence-electron chi connectivity index (χ2n) is 8.95. The van der Waals surface area contributed by atoms with Crippen molar-refractivity contribution < 1.29 is 14.1 Å². The van der Waals surface area contributed by atoms with Gasteiger partial charge >= 0.3 is 13.1 Å². The molecule has 0 bridgehead atoms. The second-order valence-corrected chi connectivity index (χ2v) is 8.95. The summed E-state index contributed by atoms with van der Waals surface area (Å²) in [6, 6.07) is 16.1. The third-order valence-corrected chi connectivity index (χ3v) is 6.12. The molecule has 2 aromatic rings. The molecule has 30 heavy (non-hydrogen) atoms. The van der Waals surface area contributed by atoms with E-state index in [9.17, 15) is 4.79 Å². The number of urea groups is 1. The highest BCUT2D eigenvalue weighted by Gasteiger charge is 2.52. The second kappa shape index (κ2) is 8.82. The SMILES string of the molecule is CCN(Cc1cc(C)ccc1B1OC(C)(C)C(C)(C)O1)C(=O)NCc1ccccc1. The Morgan fingerprint density at radius 1 is 1.03 bits per heavy atom. The van der Waals surface area contributed by atoms with Gasteiger partial charge < -0.3 is 19.5 Å². The van der Waals surface area contributed by atoms with E-state index in [1.807, 2.05) is 42.2 Å². The first-order valence-electron chi connectivity index (χ1n) is 10.6. The minimum absolute atomic E-state index is 0.0808. The lowest BCUT2D eigenvalue weighted by atomic mass is 9.75. The summed E-state index contributed by atoms with van der Waals surface area (Å²) < 4.78 is 12.5. The molecule has 0 aromatic heterocycles. The number of hydrogen-bond acceptors (Lipinski definition) is 3. The van der Waals surface area contributed by atoms with Crippen LogP contribution in [0.25, 0.3) is 0 Å². The number of hydrogen-bond donors (Lipinski definition) is 1. The van der Waals surface area contributed by atoms with Crippen LogP contribution in [0, 0.1) is 6.92 Å².